The van der Waals surface area contributed by atoms with Crippen molar-refractivity contribution in [2.45, 2.75) is 55.2 Å². The van der Waals surface area contributed by atoms with Crippen LogP contribution < -0.4 is 25.4 Å². The average Bonchev–Trinajstić information content (AvgIpc) is 2.76. The fourth-order valence-corrected chi connectivity index (χ4v) is 4.40. The van der Waals surface area contributed by atoms with Crippen molar-refractivity contribution in [2.24, 2.45) is 0 Å². The lowest BCUT2D eigenvalue weighted by atomic mass is 9.85. The van der Waals surface area contributed by atoms with Crippen LogP contribution in [0.5, 0.6) is 11.5 Å². The number of hydrogen-bond acceptors (Lipinski definition) is 5. The summed E-state index contributed by atoms with van der Waals surface area (Å²) in [6.45, 7) is -0.172. The third-order valence-electron chi connectivity index (χ3n) is 6.00. The molecule has 0 aliphatic carbocycles. The number of carbonyl (C=O) groups is 1. The highest BCUT2D eigenvalue weighted by molar-refractivity contribution is 6.20. The molecule has 0 bridgehead atoms. The normalized spacial score (nSPS) is 25.7. The molecule has 15 heteroatoms. The topological polar surface area (TPSA) is 80.9 Å². The summed E-state index contributed by atoms with van der Waals surface area (Å²) in [6.07, 6.45) is -10.6. The fourth-order valence-electron chi connectivity index (χ4n) is 4.15. The van der Waals surface area contributed by atoms with Gasteiger partial charge in [-0.15, -0.1) is 24.8 Å². The van der Waals surface area contributed by atoms with Crippen LogP contribution >= 0.6 is 11.6 Å². The quantitative estimate of drug-likeness (QED) is 0.234. The third kappa shape index (κ3) is 6.35. The summed E-state index contributed by atoms with van der Waals surface area (Å²) < 4.78 is 107. The molecule has 2 aromatic rings. The van der Waals surface area contributed by atoms with Gasteiger partial charge in [-0.1, -0.05) is 0 Å². The van der Waals surface area contributed by atoms with E-state index in [1.165, 1.54) is 12.1 Å². The van der Waals surface area contributed by atoms with Crippen LogP contribution in [0.1, 0.15) is 24.8 Å². The van der Waals surface area contributed by atoms with E-state index >= 15 is 0 Å². The third-order valence-corrected chi connectivity index (χ3v) is 6.34. The lowest BCUT2D eigenvalue weighted by Crippen LogP contribution is -2.59. The molecule has 2 saturated heterocycles. The zero-order valence-corrected chi connectivity index (χ0v) is 20.0. The fraction of sp³-hybridized carbons (Fsp3) is 0.435. The number of rotatable bonds is 6. The molecule has 4 rings (SSSR count). The van der Waals surface area contributed by atoms with Crippen molar-refractivity contribution in [3.05, 3.63) is 53.8 Å². The first-order valence-corrected chi connectivity index (χ1v) is 11.7. The second-order valence-electron chi connectivity index (χ2n) is 8.59. The van der Waals surface area contributed by atoms with Crippen molar-refractivity contribution in [1.29, 1.82) is 0 Å². The predicted molar refractivity (Wildman–Crippen MR) is 120 cm³/mol. The second kappa shape index (κ2) is 10.7. The minimum absolute atomic E-state index is 0.142. The minimum Gasteiger partial charge on any atom is -0.473 e. The second-order valence-corrected chi connectivity index (χ2v) is 9.12. The molecule has 2 heterocycles. The van der Waals surface area contributed by atoms with Gasteiger partial charge in [0.15, 0.2) is 11.8 Å². The molecule has 2 aliphatic rings. The van der Waals surface area contributed by atoms with Crippen molar-refractivity contribution in [1.82, 2.24) is 10.6 Å². The van der Waals surface area contributed by atoms with E-state index in [-0.39, 0.29) is 24.5 Å². The van der Waals surface area contributed by atoms with Crippen LogP contribution in [-0.2, 0) is 10.3 Å². The molecule has 3 N–H and O–H groups in total. The highest BCUT2D eigenvalue weighted by atomic mass is 35.5. The summed E-state index contributed by atoms with van der Waals surface area (Å²) in [5, 5.41) is 7.88. The molecular weight excluding hydrogens is 551 g/mol. The number of alkyl halides is 7. The van der Waals surface area contributed by atoms with E-state index < -0.39 is 65.5 Å². The number of carbonyl (C=O) groups excluding carboxylic acids is 1. The molecule has 0 aromatic heterocycles. The van der Waals surface area contributed by atoms with Gasteiger partial charge in [-0.05, 0) is 55.3 Å². The maximum Gasteiger partial charge on any atom is 0.573 e. The molecule has 4 atom stereocenters. The van der Waals surface area contributed by atoms with Gasteiger partial charge < -0.3 is 24.8 Å². The molecule has 4 unspecified atom stereocenters. The molecule has 38 heavy (non-hydrogen) atoms. The molecule has 2 aliphatic heterocycles. The highest BCUT2D eigenvalue weighted by Crippen LogP contribution is 2.53. The van der Waals surface area contributed by atoms with E-state index in [0.29, 0.717) is 12.5 Å². The number of hydrogen-bond donors (Lipinski definition) is 3. The predicted octanol–water partition coefficient (Wildman–Crippen LogP) is 5.75. The minimum atomic E-state index is -4.87. The largest absolute Gasteiger partial charge is 0.573 e. The van der Waals surface area contributed by atoms with Gasteiger partial charge in [0.1, 0.15) is 17.3 Å². The van der Waals surface area contributed by atoms with Crippen LogP contribution in [0.4, 0.5) is 41.2 Å². The number of anilines is 1. The number of nitrogens with one attached hydrogen (secondary N) is 3. The van der Waals surface area contributed by atoms with Gasteiger partial charge in [0, 0.05) is 17.7 Å². The Morgan fingerprint density at radius 1 is 1.08 bits per heavy atom. The summed E-state index contributed by atoms with van der Waals surface area (Å²) in [6, 6.07) is 5.48. The number of halogens is 8. The van der Waals surface area contributed by atoms with E-state index in [1.54, 1.807) is 0 Å². The maximum absolute atomic E-state index is 14.0. The Morgan fingerprint density at radius 2 is 1.76 bits per heavy atom. The lowest BCUT2D eigenvalue weighted by Gasteiger charge is -2.44. The molecule has 2 aromatic carbocycles. The van der Waals surface area contributed by atoms with Crippen molar-refractivity contribution >= 4 is 23.3 Å². The monoisotopic (exact) mass is 571 g/mol. The SMILES string of the molecule is O=C(Nc1ccc(OC(F)(F)F)cc1)NC1CCC(Cl)NC1Oc1ccc(F)cc1C1(C(F)(F)F)CCO1. The summed E-state index contributed by atoms with van der Waals surface area (Å²) in [5.74, 6) is -1.71. The number of piperidine rings is 1. The van der Waals surface area contributed by atoms with Gasteiger partial charge in [-0.3, -0.25) is 5.32 Å². The molecule has 0 radical (unpaired) electrons. The number of benzene rings is 2. The first-order valence-electron chi connectivity index (χ1n) is 11.3. The summed E-state index contributed by atoms with van der Waals surface area (Å²) in [4.78, 5) is 12.6. The van der Waals surface area contributed by atoms with Gasteiger partial charge in [0.05, 0.1) is 18.1 Å². The van der Waals surface area contributed by atoms with Crippen LogP contribution in [0.15, 0.2) is 42.5 Å². The molecule has 208 valence electrons. The van der Waals surface area contributed by atoms with Crippen LogP contribution in [0.2, 0.25) is 0 Å². The molecule has 2 amide bonds. The van der Waals surface area contributed by atoms with E-state index in [4.69, 9.17) is 21.1 Å². The van der Waals surface area contributed by atoms with Gasteiger partial charge in [-0.2, -0.15) is 13.2 Å². The molecule has 0 saturated carbocycles. The van der Waals surface area contributed by atoms with E-state index in [0.717, 1.165) is 24.3 Å². The van der Waals surface area contributed by atoms with Gasteiger partial charge >= 0.3 is 18.6 Å². The van der Waals surface area contributed by atoms with Crippen LogP contribution in [0.3, 0.4) is 0 Å². The Hall–Kier alpha value is -2.97. The van der Waals surface area contributed by atoms with Gasteiger partial charge in [0.25, 0.3) is 0 Å². The first kappa shape index (κ1) is 28.0. The van der Waals surface area contributed by atoms with Crippen molar-refractivity contribution < 1.29 is 49.7 Å². The molecule has 7 nitrogen and oxygen atoms in total. The maximum atomic E-state index is 14.0. The number of urea groups is 1. The first-order chi connectivity index (χ1) is 17.8. The lowest BCUT2D eigenvalue weighted by molar-refractivity contribution is -0.334. The standard InChI is InChI=1S/C23H21ClF7N3O4/c24-18-8-6-16(33-20(35)32-13-2-4-14(5-3-13)38-23(29,30)31)19(34-18)37-17-7-1-12(25)11-15(17)21(9-10-36-21)22(26,27)28/h1-5,7,11,16,18-19,34H,6,8-10H2,(H2,32,33,35). The van der Waals surface area contributed by atoms with E-state index in [1.807, 2.05) is 0 Å². The van der Waals surface area contributed by atoms with E-state index in [9.17, 15) is 35.5 Å². The Bertz CT molecular complexity index is 1140. The Labute approximate surface area is 216 Å². The molecule has 2 fully saturated rings. The highest BCUT2D eigenvalue weighted by Gasteiger charge is 2.62. The smallest absolute Gasteiger partial charge is 0.473 e. The van der Waals surface area contributed by atoms with Crippen LogP contribution in [0.25, 0.3) is 0 Å². The molecule has 0 spiro atoms. The summed E-state index contributed by atoms with van der Waals surface area (Å²) in [7, 11) is 0. The van der Waals surface area contributed by atoms with E-state index in [2.05, 4.69) is 20.7 Å². The van der Waals surface area contributed by atoms with Crippen molar-refractivity contribution in [3.8, 4) is 11.5 Å². The zero-order chi connectivity index (χ0) is 27.7. The Kier molecular flexibility index (Phi) is 7.86. The number of ether oxygens (including phenoxy) is 3. The number of amides is 2. The van der Waals surface area contributed by atoms with Crippen molar-refractivity contribution in [2.75, 3.05) is 11.9 Å². The van der Waals surface area contributed by atoms with Crippen molar-refractivity contribution in [3.63, 3.8) is 0 Å². The van der Waals surface area contributed by atoms with Crippen LogP contribution in [-0.4, -0.2) is 42.9 Å². The summed E-state index contributed by atoms with van der Waals surface area (Å²) in [5.41, 5.74) is -3.77. The van der Waals surface area contributed by atoms with Gasteiger partial charge in [-0.25, -0.2) is 9.18 Å². The van der Waals surface area contributed by atoms with Crippen LogP contribution in [0, 0.1) is 5.82 Å². The Morgan fingerprint density at radius 3 is 2.34 bits per heavy atom. The molecular formula is C23H21ClF7N3O4. The summed E-state index contributed by atoms with van der Waals surface area (Å²) >= 11 is 6.16. The average molecular weight is 572 g/mol. The Balaban J connectivity index is 1.48. The zero-order valence-electron chi connectivity index (χ0n) is 19.3. The van der Waals surface area contributed by atoms with Gasteiger partial charge in [0.2, 0.25) is 0 Å².